The lowest BCUT2D eigenvalue weighted by Crippen LogP contribution is -2.47. The highest BCUT2D eigenvalue weighted by atomic mass is 19.4. The van der Waals surface area contributed by atoms with Crippen LogP contribution >= 0.6 is 0 Å². The van der Waals surface area contributed by atoms with E-state index in [4.69, 9.17) is 4.74 Å². The lowest BCUT2D eigenvalue weighted by molar-refractivity contribution is -0.384. The second-order valence-electron chi connectivity index (χ2n) is 5.95. The van der Waals surface area contributed by atoms with Crippen LogP contribution in [-0.4, -0.2) is 48.2 Å². The number of alkyl halides is 3. The molecule has 0 bridgehead atoms. The summed E-state index contributed by atoms with van der Waals surface area (Å²) in [6.45, 7) is 0.959. The van der Waals surface area contributed by atoms with Gasteiger partial charge in [-0.05, 0) is 6.07 Å². The molecule has 28 heavy (non-hydrogen) atoms. The molecule has 0 spiro atoms. The number of nitrogens with zero attached hydrogens (tertiary/aromatic N) is 5. The summed E-state index contributed by atoms with van der Waals surface area (Å²) in [4.78, 5) is 21.2. The van der Waals surface area contributed by atoms with Crippen molar-refractivity contribution >= 4 is 17.3 Å². The molecule has 1 aliphatic heterocycles. The number of hydrogen-bond donors (Lipinski definition) is 0. The van der Waals surface area contributed by atoms with Gasteiger partial charge in [-0.25, -0.2) is 14.4 Å². The molecule has 12 heteroatoms. The van der Waals surface area contributed by atoms with Crippen molar-refractivity contribution in [2.45, 2.75) is 6.18 Å². The third-order valence-corrected chi connectivity index (χ3v) is 4.28. The van der Waals surface area contributed by atoms with Crippen LogP contribution < -0.4 is 14.5 Å². The molecule has 0 N–H and O–H groups in total. The molecule has 150 valence electrons. The van der Waals surface area contributed by atoms with E-state index in [1.54, 1.807) is 9.80 Å². The number of halogens is 4. The Morgan fingerprint density at radius 3 is 2.39 bits per heavy atom. The highest BCUT2D eigenvalue weighted by molar-refractivity contribution is 5.67. The van der Waals surface area contributed by atoms with Gasteiger partial charge in [-0.3, -0.25) is 10.1 Å². The average molecular weight is 401 g/mol. The number of nitro groups is 1. The number of benzene rings is 1. The fourth-order valence-corrected chi connectivity index (χ4v) is 2.89. The van der Waals surface area contributed by atoms with Crippen LogP contribution in [0.15, 0.2) is 24.4 Å². The van der Waals surface area contributed by atoms with Gasteiger partial charge in [0, 0.05) is 38.4 Å². The number of ether oxygens (including phenoxy) is 1. The van der Waals surface area contributed by atoms with Crippen LogP contribution in [-0.2, 0) is 6.18 Å². The molecule has 1 aromatic carbocycles. The maximum absolute atomic E-state index is 13.8. The molecule has 3 rings (SSSR count). The Hall–Kier alpha value is -3.18. The number of rotatable bonds is 4. The topological polar surface area (TPSA) is 84.6 Å². The van der Waals surface area contributed by atoms with Gasteiger partial charge in [0.05, 0.1) is 18.1 Å². The maximum atomic E-state index is 13.8. The van der Waals surface area contributed by atoms with E-state index in [0.29, 0.717) is 0 Å². The van der Waals surface area contributed by atoms with Crippen LogP contribution in [0.25, 0.3) is 0 Å². The van der Waals surface area contributed by atoms with Crippen molar-refractivity contribution in [2.75, 3.05) is 43.1 Å². The predicted octanol–water partition coefficient (Wildman–Crippen LogP) is 2.88. The molecule has 0 aliphatic carbocycles. The number of anilines is 2. The maximum Gasteiger partial charge on any atom is 0.433 e. The summed E-state index contributed by atoms with van der Waals surface area (Å²) in [6.07, 6.45) is -3.54. The van der Waals surface area contributed by atoms with Crippen LogP contribution in [0.4, 0.5) is 34.9 Å². The van der Waals surface area contributed by atoms with Crippen molar-refractivity contribution in [3.63, 3.8) is 0 Å². The third kappa shape index (κ3) is 3.89. The Kier molecular flexibility index (Phi) is 5.21. The van der Waals surface area contributed by atoms with Gasteiger partial charge < -0.3 is 14.5 Å². The summed E-state index contributed by atoms with van der Waals surface area (Å²) in [7, 11) is 1.25. The van der Waals surface area contributed by atoms with Gasteiger partial charge in [0.2, 0.25) is 5.95 Å². The normalized spacial score (nSPS) is 14.9. The molecule has 0 atom stereocenters. The molecular formula is C16H15F4N5O3. The number of piperazine rings is 1. The zero-order valence-electron chi connectivity index (χ0n) is 14.6. The Labute approximate surface area is 156 Å². The highest BCUT2D eigenvalue weighted by Crippen LogP contribution is 2.35. The first-order valence-corrected chi connectivity index (χ1v) is 8.12. The van der Waals surface area contributed by atoms with Crippen LogP contribution in [0.5, 0.6) is 5.75 Å². The average Bonchev–Trinajstić information content (AvgIpc) is 2.67. The van der Waals surface area contributed by atoms with E-state index in [0.717, 1.165) is 18.3 Å². The molecule has 8 nitrogen and oxygen atoms in total. The summed E-state index contributed by atoms with van der Waals surface area (Å²) in [5.41, 5.74) is -1.28. The molecule has 0 saturated carbocycles. The summed E-state index contributed by atoms with van der Waals surface area (Å²) < 4.78 is 57.2. The van der Waals surface area contributed by atoms with Gasteiger partial charge in [0.25, 0.3) is 5.69 Å². The molecular weight excluding hydrogens is 386 g/mol. The van der Waals surface area contributed by atoms with Gasteiger partial charge in [0.15, 0.2) is 11.6 Å². The Bertz CT molecular complexity index is 885. The fraction of sp³-hybridized carbons (Fsp3) is 0.375. The fourth-order valence-electron chi connectivity index (χ4n) is 2.89. The number of hydrogen-bond acceptors (Lipinski definition) is 7. The van der Waals surface area contributed by atoms with Crippen LogP contribution in [0.1, 0.15) is 5.69 Å². The van der Waals surface area contributed by atoms with Gasteiger partial charge in [0.1, 0.15) is 11.4 Å². The van der Waals surface area contributed by atoms with Crippen LogP contribution in [0, 0.1) is 15.9 Å². The molecule has 0 radical (unpaired) electrons. The van der Waals surface area contributed by atoms with Gasteiger partial charge in [-0.1, -0.05) is 0 Å². The Morgan fingerprint density at radius 2 is 1.82 bits per heavy atom. The van der Waals surface area contributed by atoms with Crippen molar-refractivity contribution in [3.05, 3.63) is 46.0 Å². The number of aromatic nitrogens is 2. The molecule has 1 fully saturated rings. The summed E-state index contributed by atoms with van der Waals surface area (Å²) in [5, 5.41) is 11.3. The van der Waals surface area contributed by atoms with E-state index in [1.165, 1.54) is 13.2 Å². The zero-order valence-corrected chi connectivity index (χ0v) is 14.6. The molecule has 0 amide bonds. The largest absolute Gasteiger partial charge is 0.494 e. The van der Waals surface area contributed by atoms with Crippen molar-refractivity contribution in [2.24, 2.45) is 0 Å². The van der Waals surface area contributed by atoms with Crippen LogP contribution in [0.2, 0.25) is 0 Å². The SMILES string of the molecule is COc1cc(N2CCN(c3nccc(C(F)(F)F)n3)CC2)c([N+](=O)[O-])cc1F. The lowest BCUT2D eigenvalue weighted by atomic mass is 10.2. The zero-order chi connectivity index (χ0) is 20.5. The minimum absolute atomic E-state index is 0.0688. The minimum atomic E-state index is -4.58. The highest BCUT2D eigenvalue weighted by Gasteiger charge is 2.34. The van der Waals surface area contributed by atoms with E-state index < -0.39 is 28.3 Å². The Balaban J connectivity index is 1.80. The van der Waals surface area contributed by atoms with E-state index in [9.17, 15) is 27.7 Å². The number of methoxy groups -OCH3 is 1. The molecule has 1 aliphatic rings. The van der Waals surface area contributed by atoms with Gasteiger partial charge in [-0.15, -0.1) is 0 Å². The van der Waals surface area contributed by atoms with E-state index >= 15 is 0 Å². The van der Waals surface area contributed by atoms with Gasteiger partial charge >= 0.3 is 6.18 Å². The number of nitro benzene ring substituents is 1. The standard InChI is InChI=1S/C16H15F4N5O3/c1-28-13-9-11(12(25(26)27)8-10(13)17)23-4-6-24(7-5-23)15-21-3-2-14(22-15)16(18,19)20/h2-3,8-9H,4-7H2,1H3. The molecule has 1 saturated heterocycles. The van der Waals surface area contributed by atoms with E-state index in [-0.39, 0.29) is 43.6 Å². The van der Waals surface area contributed by atoms with Crippen LogP contribution in [0.3, 0.4) is 0 Å². The van der Waals surface area contributed by atoms with Crippen molar-refractivity contribution in [1.29, 1.82) is 0 Å². The first-order chi connectivity index (χ1) is 13.2. The second kappa shape index (κ2) is 7.44. The molecule has 2 aromatic rings. The quantitative estimate of drug-likeness (QED) is 0.442. The van der Waals surface area contributed by atoms with Crippen molar-refractivity contribution in [3.8, 4) is 5.75 Å². The second-order valence-corrected chi connectivity index (χ2v) is 5.95. The predicted molar refractivity (Wildman–Crippen MR) is 91.1 cm³/mol. The summed E-state index contributed by atoms with van der Waals surface area (Å²) in [6, 6.07) is 2.81. The first kappa shape index (κ1) is 19.6. The molecule has 0 unspecified atom stereocenters. The Morgan fingerprint density at radius 1 is 1.18 bits per heavy atom. The smallest absolute Gasteiger partial charge is 0.433 e. The minimum Gasteiger partial charge on any atom is -0.494 e. The summed E-state index contributed by atoms with van der Waals surface area (Å²) >= 11 is 0. The van der Waals surface area contributed by atoms with Crippen molar-refractivity contribution in [1.82, 2.24) is 9.97 Å². The monoisotopic (exact) mass is 401 g/mol. The van der Waals surface area contributed by atoms with Gasteiger partial charge in [-0.2, -0.15) is 13.2 Å². The summed E-state index contributed by atoms with van der Waals surface area (Å²) in [5.74, 6) is -1.06. The van der Waals surface area contributed by atoms with E-state index in [1.807, 2.05) is 0 Å². The van der Waals surface area contributed by atoms with E-state index in [2.05, 4.69) is 9.97 Å². The first-order valence-electron chi connectivity index (χ1n) is 8.12. The van der Waals surface area contributed by atoms with Crippen molar-refractivity contribution < 1.29 is 27.2 Å². The lowest BCUT2D eigenvalue weighted by Gasteiger charge is -2.36. The molecule has 2 heterocycles. The third-order valence-electron chi connectivity index (χ3n) is 4.28. The molecule has 1 aromatic heterocycles.